The van der Waals surface area contributed by atoms with E-state index in [4.69, 9.17) is 5.11 Å². The Balaban J connectivity index is 3.64. The third-order valence-corrected chi connectivity index (χ3v) is 1.07. The topological polar surface area (TPSA) is 108 Å². The van der Waals surface area contributed by atoms with Crippen LogP contribution in [0.15, 0.2) is 12.2 Å². The van der Waals surface area contributed by atoms with Crippen LogP contribution in [0.4, 0.5) is 4.79 Å². The molecule has 0 aromatic carbocycles. The summed E-state index contributed by atoms with van der Waals surface area (Å²) < 4.78 is 8.75. The third kappa shape index (κ3) is 8.50. The van der Waals surface area contributed by atoms with E-state index in [1.165, 1.54) is 19.1 Å². The number of ether oxygens (including phenoxy) is 2. The fourth-order valence-corrected chi connectivity index (χ4v) is 0.571. The molecule has 0 fully saturated rings. The van der Waals surface area contributed by atoms with Crippen LogP contribution in [0, 0.1) is 10.1 Å². The fourth-order valence-electron chi connectivity index (χ4n) is 0.571. The van der Waals surface area contributed by atoms with Gasteiger partial charge in [0.15, 0.2) is 0 Å². The van der Waals surface area contributed by atoms with Gasteiger partial charge in [-0.3, -0.25) is 4.84 Å². The van der Waals surface area contributed by atoms with E-state index >= 15 is 0 Å². The maximum atomic E-state index is 10.8. The maximum absolute atomic E-state index is 10.8. The number of nitrogens with zero attached hydrogens (tertiary/aromatic N) is 1. The van der Waals surface area contributed by atoms with E-state index in [1.54, 1.807) is 0 Å². The largest absolute Gasteiger partial charge is 0.510 e. The van der Waals surface area contributed by atoms with E-state index in [0.717, 1.165) is 0 Å². The first kappa shape index (κ1) is 13.2. The van der Waals surface area contributed by atoms with Gasteiger partial charge in [-0.15, -0.1) is 10.1 Å². The second-order valence-corrected chi connectivity index (χ2v) is 2.23. The second-order valence-electron chi connectivity index (χ2n) is 2.23. The van der Waals surface area contributed by atoms with Crippen molar-refractivity contribution in [2.24, 2.45) is 0 Å². The van der Waals surface area contributed by atoms with Gasteiger partial charge in [0, 0.05) is 0 Å². The van der Waals surface area contributed by atoms with Crippen molar-refractivity contribution in [3.05, 3.63) is 22.3 Å². The first-order valence-electron chi connectivity index (χ1n) is 3.96. The van der Waals surface area contributed by atoms with E-state index in [2.05, 4.69) is 14.3 Å². The molecule has 15 heavy (non-hydrogen) atoms. The van der Waals surface area contributed by atoms with Crippen molar-refractivity contribution < 1.29 is 29.3 Å². The van der Waals surface area contributed by atoms with Crippen molar-refractivity contribution in [2.45, 2.75) is 13.2 Å². The summed E-state index contributed by atoms with van der Waals surface area (Å²) in [6.45, 7) is 0.914. The van der Waals surface area contributed by atoms with Crippen LogP contribution in [-0.2, 0) is 14.3 Å². The predicted octanol–water partition coefficient (Wildman–Crippen LogP) is 0.242. The number of aliphatic hydroxyl groups is 1. The van der Waals surface area contributed by atoms with Crippen molar-refractivity contribution >= 4 is 6.16 Å². The minimum atomic E-state index is -1.32. The molecule has 0 heterocycles. The monoisotopic (exact) mass is 221 g/mol. The molecule has 8 heteroatoms. The summed E-state index contributed by atoms with van der Waals surface area (Å²) >= 11 is 0. The van der Waals surface area contributed by atoms with Crippen molar-refractivity contribution in [3.8, 4) is 0 Å². The minimum Gasteiger partial charge on any atom is -0.430 e. The van der Waals surface area contributed by atoms with Gasteiger partial charge in [-0.25, -0.2) is 4.79 Å². The minimum absolute atomic E-state index is 0.0927. The highest BCUT2D eigenvalue weighted by Gasteiger charge is 2.13. The zero-order chi connectivity index (χ0) is 11.7. The molecular formula is C7H11NO7. The molecule has 0 bridgehead atoms. The summed E-state index contributed by atoms with van der Waals surface area (Å²) in [6, 6.07) is 0. The molecular weight excluding hydrogens is 210 g/mol. The summed E-state index contributed by atoms with van der Waals surface area (Å²) in [5.74, 6) is 0. The Morgan fingerprint density at radius 2 is 2.27 bits per heavy atom. The van der Waals surface area contributed by atoms with Gasteiger partial charge in [0.1, 0.15) is 6.61 Å². The van der Waals surface area contributed by atoms with Gasteiger partial charge in [-0.2, -0.15) is 0 Å². The highest BCUT2D eigenvalue weighted by molar-refractivity contribution is 5.60. The first-order chi connectivity index (χ1) is 7.06. The molecule has 86 valence electrons. The SMILES string of the molecule is CC(OC(=O)OCC=CCO)O[N+](=O)[O-]. The lowest BCUT2D eigenvalue weighted by atomic mass is 10.5. The van der Waals surface area contributed by atoms with Crippen LogP contribution in [0.1, 0.15) is 6.92 Å². The average Bonchev–Trinajstić information content (AvgIpc) is 2.10. The molecule has 8 nitrogen and oxygen atoms in total. The molecule has 0 aliphatic heterocycles. The molecule has 0 saturated heterocycles. The lowest BCUT2D eigenvalue weighted by Crippen LogP contribution is -2.21. The summed E-state index contributed by atoms with van der Waals surface area (Å²) in [6.07, 6.45) is 0.339. The quantitative estimate of drug-likeness (QED) is 0.225. The van der Waals surface area contributed by atoms with Crippen LogP contribution < -0.4 is 0 Å². The number of carbonyl (C=O) groups is 1. The van der Waals surface area contributed by atoms with E-state index in [0.29, 0.717) is 0 Å². The molecule has 0 aromatic rings. The molecule has 0 saturated carbocycles. The second kappa shape index (κ2) is 7.56. The van der Waals surface area contributed by atoms with Gasteiger partial charge in [0.05, 0.1) is 6.61 Å². The van der Waals surface area contributed by atoms with E-state index in [9.17, 15) is 14.9 Å². The molecule has 1 atom stereocenters. The van der Waals surface area contributed by atoms with Crippen molar-refractivity contribution in [2.75, 3.05) is 13.2 Å². The van der Waals surface area contributed by atoms with Gasteiger partial charge in [-0.05, 0) is 13.0 Å². The summed E-state index contributed by atoms with van der Waals surface area (Å²) in [7, 11) is 0. The van der Waals surface area contributed by atoms with E-state index < -0.39 is 17.5 Å². The lowest BCUT2D eigenvalue weighted by Gasteiger charge is -2.09. The third-order valence-electron chi connectivity index (χ3n) is 1.07. The van der Waals surface area contributed by atoms with Gasteiger partial charge in [0.25, 0.3) is 5.09 Å². The zero-order valence-electron chi connectivity index (χ0n) is 7.99. The fraction of sp³-hybridized carbons (Fsp3) is 0.571. The molecule has 0 spiro atoms. The predicted molar refractivity (Wildman–Crippen MR) is 46.2 cm³/mol. The van der Waals surface area contributed by atoms with Crippen LogP contribution in [0.2, 0.25) is 0 Å². The lowest BCUT2D eigenvalue weighted by molar-refractivity contribution is -0.777. The van der Waals surface area contributed by atoms with Gasteiger partial charge >= 0.3 is 6.16 Å². The van der Waals surface area contributed by atoms with E-state index in [1.807, 2.05) is 0 Å². The molecule has 1 N–H and O–H groups in total. The molecule has 0 radical (unpaired) electrons. The molecule has 1 unspecified atom stereocenters. The smallest absolute Gasteiger partial charge is 0.430 e. The molecule has 0 rings (SSSR count). The van der Waals surface area contributed by atoms with Crippen LogP contribution >= 0.6 is 0 Å². The Bertz CT molecular complexity index is 239. The Morgan fingerprint density at radius 3 is 2.80 bits per heavy atom. The normalized spacial score (nSPS) is 12.1. The Hall–Kier alpha value is -1.83. The molecule has 0 aliphatic carbocycles. The number of aliphatic hydroxyl groups excluding tert-OH is 1. The number of rotatable bonds is 6. The molecule has 0 amide bonds. The van der Waals surface area contributed by atoms with Crippen molar-refractivity contribution in [1.29, 1.82) is 0 Å². The highest BCUT2D eigenvalue weighted by atomic mass is 17.0. The van der Waals surface area contributed by atoms with Crippen LogP contribution in [-0.4, -0.2) is 35.9 Å². The standard InChI is InChI=1S/C7H11NO7/c1-6(15-8(11)12)14-7(10)13-5-3-2-4-9/h2-3,6,9H,4-5H2,1H3. The average molecular weight is 221 g/mol. The Kier molecular flexibility index (Phi) is 6.64. The van der Waals surface area contributed by atoms with Gasteiger partial charge in [0.2, 0.25) is 6.29 Å². The molecule has 0 aromatic heterocycles. The van der Waals surface area contributed by atoms with E-state index in [-0.39, 0.29) is 13.2 Å². The summed E-state index contributed by atoms with van der Waals surface area (Å²) in [4.78, 5) is 24.4. The maximum Gasteiger partial charge on any atom is 0.510 e. The van der Waals surface area contributed by atoms with Gasteiger partial charge < -0.3 is 14.6 Å². The number of carbonyl (C=O) groups excluding carboxylic acids is 1. The number of hydrogen-bond acceptors (Lipinski definition) is 7. The summed E-state index contributed by atoms with van der Waals surface area (Å²) in [5.41, 5.74) is 0. The summed E-state index contributed by atoms with van der Waals surface area (Å²) in [5, 5.41) is 17.0. The zero-order valence-corrected chi connectivity index (χ0v) is 7.99. The Morgan fingerprint density at radius 1 is 1.60 bits per heavy atom. The van der Waals surface area contributed by atoms with Crippen LogP contribution in [0.25, 0.3) is 0 Å². The van der Waals surface area contributed by atoms with Crippen LogP contribution in [0.3, 0.4) is 0 Å². The van der Waals surface area contributed by atoms with Crippen molar-refractivity contribution in [1.82, 2.24) is 0 Å². The van der Waals surface area contributed by atoms with Gasteiger partial charge in [-0.1, -0.05) is 6.08 Å². The van der Waals surface area contributed by atoms with Crippen LogP contribution in [0.5, 0.6) is 0 Å². The van der Waals surface area contributed by atoms with Crippen molar-refractivity contribution in [3.63, 3.8) is 0 Å². The molecule has 0 aliphatic rings. The first-order valence-corrected chi connectivity index (χ1v) is 3.96. The highest BCUT2D eigenvalue weighted by Crippen LogP contribution is 1.96. The number of hydrogen-bond donors (Lipinski definition) is 1. The Labute approximate surface area is 85.1 Å².